The van der Waals surface area contributed by atoms with Gasteiger partial charge in [-0.05, 0) is 36.2 Å². The van der Waals surface area contributed by atoms with E-state index in [4.69, 9.17) is 16.3 Å². The van der Waals surface area contributed by atoms with Gasteiger partial charge in [0.15, 0.2) is 0 Å². The van der Waals surface area contributed by atoms with E-state index in [0.29, 0.717) is 47.2 Å². The van der Waals surface area contributed by atoms with Crippen LogP contribution in [-0.2, 0) is 19.3 Å². The molecule has 1 N–H and O–H groups in total. The molecular weight excluding hydrogens is 485 g/mol. The van der Waals surface area contributed by atoms with Gasteiger partial charge in [-0.15, -0.1) is 0 Å². The molecule has 12 heteroatoms. The molecule has 0 saturated carbocycles. The first-order valence-corrected chi connectivity index (χ1v) is 11.2. The number of nitrogens with zero attached hydrogens (tertiary/aromatic N) is 5. The van der Waals surface area contributed by atoms with Crippen LogP contribution in [-0.4, -0.2) is 39.0 Å². The monoisotopic (exact) mass is 504 g/mol. The Bertz CT molecular complexity index is 1290. The van der Waals surface area contributed by atoms with E-state index in [2.05, 4.69) is 20.3 Å². The van der Waals surface area contributed by atoms with Gasteiger partial charge in [0.1, 0.15) is 23.9 Å². The smallest absolute Gasteiger partial charge is 0.416 e. The minimum Gasteiger partial charge on any atom is -0.489 e. The maximum Gasteiger partial charge on any atom is 0.416 e. The lowest BCUT2D eigenvalue weighted by molar-refractivity contribution is -0.137. The van der Waals surface area contributed by atoms with Gasteiger partial charge in [-0.1, -0.05) is 12.1 Å². The number of nitrogens with one attached hydrogen (secondary N) is 1. The highest BCUT2D eigenvalue weighted by molar-refractivity contribution is 6.28. The largest absolute Gasteiger partial charge is 0.489 e. The van der Waals surface area contributed by atoms with E-state index in [9.17, 15) is 18.0 Å². The minimum atomic E-state index is -4.44. The zero-order chi connectivity index (χ0) is 24.7. The second-order valence-electron chi connectivity index (χ2n) is 8.24. The number of aromatic nitrogens is 3. The van der Waals surface area contributed by atoms with Crippen LogP contribution < -0.4 is 15.0 Å². The number of pyridine rings is 1. The molecule has 0 fully saturated rings. The van der Waals surface area contributed by atoms with Gasteiger partial charge in [0, 0.05) is 23.9 Å². The van der Waals surface area contributed by atoms with Crippen LogP contribution in [0.5, 0.6) is 5.75 Å². The van der Waals surface area contributed by atoms with Crippen LogP contribution in [0, 0.1) is 0 Å². The number of hydrogen-bond donors (Lipinski definition) is 1. The first-order chi connectivity index (χ1) is 16.7. The van der Waals surface area contributed by atoms with E-state index in [-0.39, 0.29) is 24.4 Å². The van der Waals surface area contributed by atoms with Gasteiger partial charge in [-0.25, -0.2) is 14.8 Å². The number of alkyl halides is 3. The number of carbonyl (C=O) groups is 1. The van der Waals surface area contributed by atoms with E-state index < -0.39 is 17.8 Å². The average molecular weight is 505 g/mol. The second-order valence-corrected chi connectivity index (χ2v) is 8.58. The van der Waals surface area contributed by atoms with Gasteiger partial charge in [-0.3, -0.25) is 9.88 Å². The van der Waals surface area contributed by atoms with E-state index in [1.54, 1.807) is 41.2 Å². The summed E-state index contributed by atoms with van der Waals surface area (Å²) in [6.45, 7) is 2.89. The number of ether oxygens (including phenoxy) is 1. The van der Waals surface area contributed by atoms with E-state index in [1.807, 2.05) is 0 Å². The molecule has 182 valence electrons. The summed E-state index contributed by atoms with van der Waals surface area (Å²) in [5, 5.41) is 3.13. The maximum atomic E-state index is 13.4. The molecule has 0 saturated heterocycles. The number of hydrogen-bond acceptors (Lipinski definition) is 6. The average Bonchev–Trinajstić information content (AvgIpc) is 3.27. The molecule has 35 heavy (non-hydrogen) atoms. The van der Waals surface area contributed by atoms with Crippen LogP contribution >= 0.6 is 11.6 Å². The number of amides is 2. The maximum absolute atomic E-state index is 13.4. The van der Waals surface area contributed by atoms with Crippen LogP contribution in [0.1, 0.15) is 35.3 Å². The molecule has 3 aromatic rings. The topological polar surface area (TPSA) is 83.5 Å². The Kier molecular flexibility index (Phi) is 5.87. The van der Waals surface area contributed by atoms with Crippen molar-refractivity contribution >= 4 is 29.1 Å². The summed E-state index contributed by atoms with van der Waals surface area (Å²) >= 11 is 6.14. The third-order valence-corrected chi connectivity index (χ3v) is 6.12. The van der Waals surface area contributed by atoms with Crippen molar-refractivity contribution in [3.8, 4) is 5.75 Å². The van der Waals surface area contributed by atoms with Crippen molar-refractivity contribution < 1.29 is 22.7 Å². The van der Waals surface area contributed by atoms with Crippen molar-refractivity contribution in [1.29, 1.82) is 0 Å². The molecule has 2 aliphatic heterocycles. The SMILES string of the molecule is C[C@@H](Nc1nc(Cl)nc2c1CN(C(=O)N1CCOc3ccncc31)C2)c1cccc(C(F)(F)F)c1. The fraction of sp³-hybridized carbons (Fsp3) is 0.304. The zero-order valence-corrected chi connectivity index (χ0v) is 19.3. The van der Waals surface area contributed by atoms with Crippen molar-refractivity contribution in [1.82, 2.24) is 19.9 Å². The summed E-state index contributed by atoms with van der Waals surface area (Å²) in [5.41, 5.74) is 1.54. The Morgan fingerprint density at radius 2 is 2.06 bits per heavy atom. The molecule has 1 aromatic carbocycles. The Hall–Kier alpha value is -3.60. The molecule has 2 amide bonds. The predicted molar refractivity (Wildman–Crippen MR) is 122 cm³/mol. The Morgan fingerprint density at radius 3 is 2.86 bits per heavy atom. The fourth-order valence-electron chi connectivity index (χ4n) is 4.19. The highest BCUT2D eigenvalue weighted by atomic mass is 35.5. The summed E-state index contributed by atoms with van der Waals surface area (Å²) in [7, 11) is 0. The third kappa shape index (κ3) is 4.55. The number of carbonyl (C=O) groups excluding carboxylic acids is 1. The first-order valence-electron chi connectivity index (χ1n) is 10.8. The van der Waals surface area contributed by atoms with Crippen LogP contribution in [0.25, 0.3) is 0 Å². The number of halogens is 4. The second kappa shape index (κ2) is 8.88. The highest BCUT2D eigenvalue weighted by Gasteiger charge is 2.34. The lowest BCUT2D eigenvalue weighted by Crippen LogP contribution is -2.44. The Labute approximate surface area is 203 Å². The van der Waals surface area contributed by atoms with Crippen LogP contribution in [0.3, 0.4) is 0 Å². The predicted octanol–water partition coefficient (Wildman–Crippen LogP) is 5.05. The molecule has 8 nitrogen and oxygen atoms in total. The molecule has 4 heterocycles. The Morgan fingerprint density at radius 1 is 1.23 bits per heavy atom. The van der Waals surface area contributed by atoms with Crippen molar-refractivity contribution in [3.63, 3.8) is 0 Å². The van der Waals surface area contributed by atoms with Crippen LogP contribution in [0.2, 0.25) is 5.28 Å². The molecule has 0 spiro atoms. The highest BCUT2D eigenvalue weighted by Crippen LogP contribution is 2.35. The quantitative estimate of drug-likeness (QED) is 0.502. The molecule has 1 atom stereocenters. The molecule has 2 aliphatic rings. The summed E-state index contributed by atoms with van der Waals surface area (Å²) in [6, 6.07) is 6.05. The van der Waals surface area contributed by atoms with E-state index in [0.717, 1.165) is 12.1 Å². The number of benzene rings is 1. The molecule has 5 rings (SSSR count). The summed E-state index contributed by atoms with van der Waals surface area (Å²) in [5.74, 6) is 0.959. The number of anilines is 2. The lowest BCUT2D eigenvalue weighted by atomic mass is 10.0. The molecular formula is C23H20ClF3N6O2. The third-order valence-electron chi connectivity index (χ3n) is 5.95. The van der Waals surface area contributed by atoms with Crippen molar-refractivity contribution in [3.05, 3.63) is 70.4 Å². The number of rotatable bonds is 3. The molecule has 0 unspecified atom stereocenters. The van der Waals surface area contributed by atoms with Gasteiger partial charge in [0.2, 0.25) is 5.28 Å². The lowest BCUT2D eigenvalue weighted by Gasteiger charge is -2.32. The first kappa shape index (κ1) is 23.2. The van der Waals surface area contributed by atoms with Crippen molar-refractivity contribution in [2.24, 2.45) is 0 Å². The van der Waals surface area contributed by atoms with Gasteiger partial charge in [-0.2, -0.15) is 13.2 Å². The zero-order valence-electron chi connectivity index (χ0n) is 18.5. The van der Waals surface area contributed by atoms with Crippen LogP contribution in [0.4, 0.5) is 29.5 Å². The fourth-order valence-corrected chi connectivity index (χ4v) is 4.37. The van der Waals surface area contributed by atoms with Crippen LogP contribution in [0.15, 0.2) is 42.7 Å². The molecule has 0 aliphatic carbocycles. The summed E-state index contributed by atoms with van der Waals surface area (Å²) in [6.07, 6.45) is -1.26. The summed E-state index contributed by atoms with van der Waals surface area (Å²) in [4.78, 5) is 29.2. The van der Waals surface area contributed by atoms with Gasteiger partial charge >= 0.3 is 12.2 Å². The Balaban J connectivity index is 1.37. The molecule has 0 bridgehead atoms. The van der Waals surface area contributed by atoms with E-state index >= 15 is 0 Å². The summed E-state index contributed by atoms with van der Waals surface area (Å²) < 4.78 is 45.0. The van der Waals surface area contributed by atoms with Crippen molar-refractivity contribution in [2.75, 3.05) is 23.4 Å². The van der Waals surface area contributed by atoms with Gasteiger partial charge in [0.25, 0.3) is 0 Å². The van der Waals surface area contributed by atoms with Gasteiger partial charge < -0.3 is 15.0 Å². The normalized spacial score (nSPS) is 15.8. The minimum absolute atomic E-state index is 0.0160. The number of fused-ring (bicyclic) bond motifs is 2. The van der Waals surface area contributed by atoms with Crippen molar-refractivity contribution in [2.45, 2.75) is 32.2 Å². The standard InChI is InChI=1S/C23H20ClF3N6O2/c1-13(14-3-2-4-15(9-14)23(25,26)27)29-20-16-11-32(12-17(16)30-21(24)31-20)22(34)33-7-8-35-19-5-6-28-10-18(19)33/h2-6,9-10,13H,7-8,11-12H2,1H3,(H,29,30,31)/t13-/m1/s1. The van der Waals surface area contributed by atoms with Gasteiger partial charge in [0.05, 0.1) is 37.1 Å². The number of urea groups is 1. The van der Waals surface area contributed by atoms with E-state index in [1.165, 1.54) is 6.07 Å². The molecule has 0 radical (unpaired) electrons. The molecule has 2 aromatic heterocycles.